The summed E-state index contributed by atoms with van der Waals surface area (Å²) >= 11 is 11.8. The van der Waals surface area contributed by atoms with E-state index in [0.29, 0.717) is 38.8 Å². The predicted octanol–water partition coefficient (Wildman–Crippen LogP) is 5.55. The summed E-state index contributed by atoms with van der Waals surface area (Å²) < 4.78 is 38.2. The Balaban J connectivity index is 1.61. The molecular formula is C26H23ClN4O4S2. The van der Waals surface area contributed by atoms with Gasteiger partial charge in [-0.2, -0.15) is 0 Å². The highest BCUT2D eigenvalue weighted by Crippen LogP contribution is 2.44. The number of rotatable bonds is 7. The van der Waals surface area contributed by atoms with Crippen molar-refractivity contribution in [2.24, 2.45) is 0 Å². The van der Waals surface area contributed by atoms with Gasteiger partial charge in [0.1, 0.15) is 23.3 Å². The first-order chi connectivity index (χ1) is 17.7. The minimum absolute atomic E-state index is 0.298. The summed E-state index contributed by atoms with van der Waals surface area (Å²) in [7, 11) is -2.07. The van der Waals surface area contributed by atoms with Crippen molar-refractivity contribution in [2.45, 2.75) is 12.1 Å². The van der Waals surface area contributed by atoms with Crippen molar-refractivity contribution in [1.82, 2.24) is 10.3 Å². The molecule has 1 fully saturated rings. The molecule has 37 heavy (non-hydrogen) atoms. The van der Waals surface area contributed by atoms with Crippen molar-refractivity contribution in [3.05, 3.63) is 95.5 Å². The normalized spacial score (nSPS) is 17.5. The van der Waals surface area contributed by atoms with Gasteiger partial charge in [0.25, 0.3) is 0 Å². The molecule has 0 spiro atoms. The molecule has 4 aromatic rings. The van der Waals surface area contributed by atoms with Crippen LogP contribution in [0.25, 0.3) is 11.3 Å². The number of hydrogen-bond acceptors (Lipinski definition) is 6. The fourth-order valence-corrected chi connectivity index (χ4v) is 5.36. The van der Waals surface area contributed by atoms with Crippen LogP contribution in [0.5, 0.6) is 5.75 Å². The van der Waals surface area contributed by atoms with Gasteiger partial charge in [0, 0.05) is 22.5 Å². The molecule has 0 radical (unpaired) electrons. The number of halogens is 1. The zero-order valence-electron chi connectivity index (χ0n) is 19.9. The molecule has 2 atom stereocenters. The number of pyridine rings is 1. The fourth-order valence-electron chi connectivity index (χ4n) is 4.33. The lowest BCUT2D eigenvalue weighted by Gasteiger charge is -2.27. The van der Waals surface area contributed by atoms with Crippen LogP contribution < -0.4 is 19.7 Å². The molecule has 1 aliphatic heterocycles. The van der Waals surface area contributed by atoms with E-state index >= 15 is 0 Å². The second kappa shape index (κ2) is 10.0. The molecule has 3 heterocycles. The van der Waals surface area contributed by atoms with Gasteiger partial charge in [-0.15, -0.1) is 0 Å². The van der Waals surface area contributed by atoms with E-state index in [-0.39, 0.29) is 6.04 Å². The molecule has 0 saturated carbocycles. The highest BCUT2D eigenvalue weighted by molar-refractivity contribution is 7.92. The van der Waals surface area contributed by atoms with E-state index in [1.807, 2.05) is 65.6 Å². The van der Waals surface area contributed by atoms with E-state index < -0.39 is 16.1 Å². The molecule has 1 saturated heterocycles. The first-order valence-corrected chi connectivity index (χ1v) is 13.9. The monoisotopic (exact) mass is 554 g/mol. The van der Waals surface area contributed by atoms with E-state index in [4.69, 9.17) is 33.0 Å². The topological polar surface area (TPSA) is 96.7 Å². The average Bonchev–Trinajstić information content (AvgIpc) is 3.48. The maximum Gasteiger partial charge on any atom is 0.229 e. The Bertz CT molecular complexity index is 1540. The molecule has 0 unspecified atom stereocenters. The van der Waals surface area contributed by atoms with Gasteiger partial charge in [0.2, 0.25) is 10.0 Å². The number of furan rings is 1. The third kappa shape index (κ3) is 5.27. The molecule has 1 aliphatic rings. The molecule has 2 aromatic carbocycles. The van der Waals surface area contributed by atoms with Crippen LogP contribution in [0.15, 0.2) is 83.4 Å². The summed E-state index contributed by atoms with van der Waals surface area (Å²) in [4.78, 5) is 6.45. The smallest absolute Gasteiger partial charge is 0.229 e. The summed E-state index contributed by atoms with van der Waals surface area (Å²) in [6.45, 7) is 0. The van der Waals surface area contributed by atoms with Crippen molar-refractivity contribution in [2.75, 3.05) is 23.0 Å². The standard InChI is InChI=1S/C26H23ClN4O4S2/c1-34-22-11-10-18(15-20(22)30-37(2,32)33)31-25(24(29-26(31)36)19-5-3-4-14-28-19)23-13-12-21(35-23)16-6-8-17(27)9-7-16/h3-15,24-25,30H,1-2H3,(H,29,36)/t24-,25+/m1/s1. The Morgan fingerprint density at radius 2 is 1.89 bits per heavy atom. The van der Waals surface area contributed by atoms with Gasteiger partial charge in [-0.05, 0) is 78.9 Å². The number of hydrogen-bond donors (Lipinski definition) is 2. The van der Waals surface area contributed by atoms with Gasteiger partial charge in [-0.1, -0.05) is 17.7 Å². The van der Waals surface area contributed by atoms with Crippen LogP contribution in [0, 0.1) is 0 Å². The molecule has 0 amide bonds. The quantitative estimate of drug-likeness (QED) is 0.287. The predicted molar refractivity (Wildman–Crippen MR) is 149 cm³/mol. The third-order valence-corrected chi connectivity index (χ3v) is 7.06. The molecule has 2 aromatic heterocycles. The SMILES string of the molecule is COc1ccc(N2C(=S)N[C@H](c3ccccn3)[C@@H]2c2ccc(-c3ccc(Cl)cc3)o2)cc1NS(C)(=O)=O. The van der Waals surface area contributed by atoms with Crippen LogP contribution in [0.3, 0.4) is 0 Å². The van der Waals surface area contributed by atoms with Crippen molar-refractivity contribution in [1.29, 1.82) is 0 Å². The summed E-state index contributed by atoms with van der Waals surface area (Å²) in [5.74, 6) is 1.72. The van der Waals surface area contributed by atoms with Gasteiger partial charge in [0.15, 0.2) is 5.11 Å². The zero-order valence-corrected chi connectivity index (χ0v) is 22.3. The van der Waals surface area contributed by atoms with Crippen molar-refractivity contribution in [3.8, 4) is 17.1 Å². The first-order valence-electron chi connectivity index (χ1n) is 11.3. The number of ether oxygens (including phenoxy) is 1. The maximum absolute atomic E-state index is 12.0. The molecule has 190 valence electrons. The van der Waals surface area contributed by atoms with Crippen LogP contribution >= 0.6 is 23.8 Å². The number of sulfonamides is 1. The van der Waals surface area contributed by atoms with Gasteiger partial charge in [0.05, 0.1) is 30.8 Å². The number of aromatic nitrogens is 1. The minimum atomic E-state index is -3.55. The fraction of sp³-hybridized carbons (Fsp3) is 0.154. The maximum atomic E-state index is 12.0. The van der Waals surface area contributed by atoms with E-state index in [1.54, 1.807) is 18.3 Å². The second-order valence-electron chi connectivity index (χ2n) is 8.46. The average molecular weight is 555 g/mol. The second-order valence-corrected chi connectivity index (χ2v) is 11.0. The molecule has 0 aliphatic carbocycles. The van der Waals surface area contributed by atoms with Crippen LogP contribution in [-0.2, 0) is 10.0 Å². The summed E-state index contributed by atoms with van der Waals surface area (Å²) in [6.07, 6.45) is 2.81. The number of nitrogens with zero attached hydrogens (tertiary/aromatic N) is 2. The molecule has 8 nitrogen and oxygen atoms in total. The van der Waals surface area contributed by atoms with Crippen LogP contribution in [-0.4, -0.2) is 31.9 Å². The summed E-state index contributed by atoms with van der Waals surface area (Å²) in [5.41, 5.74) is 2.61. The Morgan fingerprint density at radius 3 is 2.57 bits per heavy atom. The van der Waals surface area contributed by atoms with Crippen molar-refractivity contribution < 1.29 is 17.6 Å². The zero-order chi connectivity index (χ0) is 26.2. The van der Waals surface area contributed by atoms with Gasteiger partial charge >= 0.3 is 0 Å². The Kier molecular flexibility index (Phi) is 6.80. The van der Waals surface area contributed by atoms with E-state index in [1.165, 1.54) is 7.11 Å². The Hall–Kier alpha value is -3.60. The van der Waals surface area contributed by atoms with Crippen LogP contribution in [0.1, 0.15) is 23.5 Å². The first kappa shape index (κ1) is 25.1. The Morgan fingerprint density at radius 1 is 1.11 bits per heavy atom. The largest absolute Gasteiger partial charge is 0.495 e. The van der Waals surface area contributed by atoms with E-state index in [0.717, 1.165) is 17.5 Å². The number of benzene rings is 2. The van der Waals surface area contributed by atoms with Crippen LogP contribution in [0.2, 0.25) is 5.02 Å². The van der Waals surface area contributed by atoms with Gasteiger partial charge in [-0.25, -0.2) is 8.42 Å². The van der Waals surface area contributed by atoms with Crippen molar-refractivity contribution >= 4 is 50.3 Å². The molecular weight excluding hydrogens is 532 g/mol. The Labute approximate surface area is 225 Å². The highest BCUT2D eigenvalue weighted by atomic mass is 35.5. The highest BCUT2D eigenvalue weighted by Gasteiger charge is 2.42. The number of methoxy groups -OCH3 is 1. The third-order valence-electron chi connectivity index (χ3n) is 5.90. The lowest BCUT2D eigenvalue weighted by Crippen LogP contribution is -2.29. The number of thiocarbonyl (C=S) groups is 1. The lowest BCUT2D eigenvalue weighted by molar-refractivity contribution is 0.416. The summed E-state index contributed by atoms with van der Waals surface area (Å²) in [5, 5.41) is 4.45. The van der Waals surface area contributed by atoms with Crippen LogP contribution in [0.4, 0.5) is 11.4 Å². The van der Waals surface area contributed by atoms with E-state index in [9.17, 15) is 8.42 Å². The summed E-state index contributed by atoms with van der Waals surface area (Å²) in [6, 6.07) is 21.3. The molecule has 11 heteroatoms. The van der Waals surface area contributed by atoms with Gasteiger partial charge in [-0.3, -0.25) is 9.71 Å². The molecule has 0 bridgehead atoms. The molecule has 5 rings (SSSR count). The number of nitrogens with one attached hydrogen (secondary N) is 2. The number of anilines is 2. The van der Waals surface area contributed by atoms with Crippen molar-refractivity contribution in [3.63, 3.8) is 0 Å². The molecule has 2 N–H and O–H groups in total. The lowest BCUT2D eigenvalue weighted by atomic mass is 10.0. The van der Waals surface area contributed by atoms with E-state index in [2.05, 4.69) is 15.0 Å². The van der Waals surface area contributed by atoms with Gasteiger partial charge < -0.3 is 19.4 Å². The minimum Gasteiger partial charge on any atom is -0.495 e.